The minimum atomic E-state index is -0.134. The van der Waals surface area contributed by atoms with Crippen molar-refractivity contribution in [2.24, 2.45) is 0 Å². The number of benzene rings is 2. The Bertz CT molecular complexity index is 1110. The average molecular weight is 335 g/mol. The molecule has 0 aliphatic carbocycles. The van der Waals surface area contributed by atoms with E-state index in [1.54, 1.807) is 0 Å². The fourth-order valence-electron chi connectivity index (χ4n) is 3.64. The zero-order chi connectivity index (χ0) is 18.1. The second-order valence-electron chi connectivity index (χ2n) is 9.04. The van der Waals surface area contributed by atoms with Crippen molar-refractivity contribution >= 4 is 33.0 Å². The van der Waals surface area contributed by atoms with Gasteiger partial charge in [0.25, 0.3) is 0 Å². The highest BCUT2D eigenvalue weighted by Gasteiger charge is 2.26. The second kappa shape index (κ2) is 4.87. The van der Waals surface area contributed by atoms with E-state index in [0.717, 1.165) is 38.9 Å². The summed E-state index contributed by atoms with van der Waals surface area (Å²) in [6.45, 7) is 15.1. The number of rotatable bonds is 0. The molecule has 0 saturated heterocycles. The van der Waals surface area contributed by atoms with Crippen molar-refractivity contribution in [3.8, 4) is 0 Å². The molecule has 0 atom stereocenters. The molecule has 3 heteroatoms. The van der Waals surface area contributed by atoms with Crippen LogP contribution in [0.1, 0.15) is 58.6 Å². The van der Waals surface area contributed by atoms with Crippen molar-refractivity contribution in [2.45, 2.75) is 59.3 Å². The molecule has 0 radical (unpaired) electrons. The minimum Gasteiger partial charge on any atom is -0.453 e. The highest BCUT2D eigenvalue weighted by Crippen LogP contribution is 2.40. The summed E-state index contributed by atoms with van der Waals surface area (Å²) in [5, 5.41) is 2.24. The molecule has 2 aromatic heterocycles. The Morgan fingerprint density at radius 1 is 0.760 bits per heavy atom. The van der Waals surface area contributed by atoms with E-state index in [2.05, 4.69) is 66.7 Å². The lowest BCUT2D eigenvalue weighted by Gasteiger charge is -2.21. The molecule has 2 heterocycles. The van der Waals surface area contributed by atoms with Crippen molar-refractivity contribution < 1.29 is 8.83 Å². The Kier molecular flexibility index (Phi) is 3.16. The largest absolute Gasteiger partial charge is 0.453 e. The Balaban J connectivity index is 2.14. The van der Waals surface area contributed by atoms with E-state index in [1.807, 2.05) is 6.07 Å². The fraction of sp³-hybridized carbons (Fsp3) is 0.409. The Hall–Kier alpha value is -2.29. The van der Waals surface area contributed by atoms with Gasteiger partial charge < -0.3 is 8.83 Å². The van der Waals surface area contributed by atoms with E-state index in [9.17, 15) is 0 Å². The summed E-state index contributed by atoms with van der Waals surface area (Å²) < 4.78 is 12.4. The molecule has 130 valence electrons. The number of fused-ring (bicyclic) bond motifs is 5. The molecule has 0 spiro atoms. The summed E-state index contributed by atoms with van der Waals surface area (Å²) in [5.41, 5.74) is 5.78. The van der Waals surface area contributed by atoms with Gasteiger partial charge in [0.15, 0.2) is 16.7 Å². The molecule has 25 heavy (non-hydrogen) atoms. The number of aryl methyl sites for hydroxylation is 1. The number of oxazole rings is 1. The molecular formula is C22H25NO2. The molecule has 0 aliphatic heterocycles. The van der Waals surface area contributed by atoms with Gasteiger partial charge in [0, 0.05) is 21.8 Å². The lowest BCUT2D eigenvalue weighted by Crippen LogP contribution is -2.13. The van der Waals surface area contributed by atoms with Gasteiger partial charge >= 0.3 is 0 Å². The lowest BCUT2D eigenvalue weighted by molar-refractivity contribution is 0.411. The summed E-state index contributed by atoms with van der Waals surface area (Å²) in [4.78, 5) is 4.76. The van der Waals surface area contributed by atoms with Crippen LogP contribution in [0.25, 0.3) is 33.0 Å². The predicted octanol–water partition coefficient (Wildman–Crippen LogP) is 6.63. The molecule has 0 saturated carbocycles. The lowest BCUT2D eigenvalue weighted by atomic mass is 9.83. The first kappa shape index (κ1) is 16.2. The molecular weight excluding hydrogens is 310 g/mol. The minimum absolute atomic E-state index is 0.0109. The summed E-state index contributed by atoms with van der Waals surface area (Å²) in [5.74, 6) is 0.739. The number of furan rings is 1. The molecule has 0 N–H and O–H groups in total. The molecule has 0 amide bonds. The Morgan fingerprint density at radius 3 is 2.04 bits per heavy atom. The monoisotopic (exact) mass is 335 g/mol. The van der Waals surface area contributed by atoms with Gasteiger partial charge in [-0.2, -0.15) is 0 Å². The maximum absolute atomic E-state index is 6.41. The SMILES string of the molecule is Cc1ccc2c(oc3c2ccc2oc(C(C)(C)C)nc23)c1C(C)(C)C. The van der Waals surface area contributed by atoms with Crippen LogP contribution >= 0.6 is 0 Å². The third-order valence-electron chi connectivity index (χ3n) is 4.77. The molecule has 2 aromatic carbocycles. The maximum atomic E-state index is 6.41. The van der Waals surface area contributed by atoms with Gasteiger partial charge in [-0.1, -0.05) is 53.7 Å². The van der Waals surface area contributed by atoms with E-state index in [0.29, 0.717) is 0 Å². The van der Waals surface area contributed by atoms with Crippen molar-refractivity contribution in [3.63, 3.8) is 0 Å². The predicted molar refractivity (Wildman–Crippen MR) is 103 cm³/mol. The van der Waals surface area contributed by atoms with Crippen LogP contribution in [-0.4, -0.2) is 4.98 Å². The molecule has 4 rings (SSSR count). The third-order valence-corrected chi connectivity index (χ3v) is 4.77. The van der Waals surface area contributed by atoms with Gasteiger partial charge in [-0.3, -0.25) is 0 Å². The number of aromatic nitrogens is 1. The van der Waals surface area contributed by atoms with Gasteiger partial charge in [0.2, 0.25) is 5.89 Å². The van der Waals surface area contributed by atoms with Crippen LogP contribution in [0, 0.1) is 6.92 Å². The fourth-order valence-corrected chi connectivity index (χ4v) is 3.64. The molecule has 4 aromatic rings. The quantitative estimate of drug-likeness (QED) is 0.362. The smallest absolute Gasteiger partial charge is 0.200 e. The van der Waals surface area contributed by atoms with Crippen molar-refractivity contribution in [1.82, 2.24) is 4.98 Å². The first-order valence-corrected chi connectivity index (χ1v) is 8.84. The first-order chi connectivity index (χ1) is 11.6. The number of nitrogens with zero attached hydrogens (tertiary/aromatic N) is 1. The van der Waals surface area contributed by atoms with Crippen molar-refractivity contribution in [1.29, 1.82) is 0 Å². The van der Waals surface area contributed by atoms with Gasteiger partial charge in [0.05, 0.1) is 0 Å². The van der Waals surface area contributed by atoms with Crippen LogP contribution in [0.15, 0.2) is 33.1 Å². The summed E-state index contributed by atoms with van der Waals surface area (Å²) in [6.07, 6.45) is 0. The summed E-state index contributed by atoms with van der Waals surface area (Å²) in [7, 11) is 0. The second-order valence-corrected chi connectivity index (χ2v) is 9.04. The molecule has 0 fully saturated rings. The average Bonchev–Trinajstić information content (AvgIpc) is 3.05. The van der Waals surface area contributed by atoms with E-state index < -0.39 is 0 Å². The summed E-state index contributed by atoms with van der Waals surface area (Å²) >= 11 is 0. The van der Waals surface area contributed by atoms with Crippen LogP contribution in [0.2, 0.25) is 0 Å². The molecule has 3 nitrogen and oxygen atoms in total. The third kappa shape index (κ3) is 2.37. The Morgan fingerprint density at radius 2 is 1.40 bits per heavy atom. The van der Waals surface area contributed by atoms with Crippen molar-refractivity contribution in [2.75, 3.05) is 0 Å². The van der Waals surface area contributed by atoms with Crippen LogP contribution in [0.3, 0.4) is 0 Å². The topological polar surface area (TPSA) is 39.2 Å². The van der Waals surface area contributed by atoms with Gasteiger partial charge in [-0.25, -0.2) is 4.98 Å². The highest BCUT2D eigenvalue weighted by molar-refractivity contribution is 6.13. The van der Waals surface area contributed by atoms with Crippen LogP contribution in [0.5, 0.6) is 0 Å². The zero-order valence-corrected chi connectivity index (χ0v) is 16.1. The summed E-state index contributed by atoms with van der Waals surface area (Å²) in [6, 6.07) is 8.43. The van der Waals surface area contributed by atoms with Crippen molar-refractivity contribution in [3.05, 3.63) is 41.3 Å². The number of hydrogen-bond donors (Lipinski definition) is 0. The van der Waals surface area contributed by atoms with E-state index in [1.165, 1.54) is 11.1 Å². The Labute approximate surface area is 148 Å². The van der Waals surface area contributed by atoms with Gasteiger partial charge in [-0.05, 0) is 30.0 Å². The molecule has 0 unspecified atom stereocenters. The zero-order valence-electron chi connectivity index (χ0n) is 16.1. The van der Waals surface area contributed by atoms with E-state index in [4.69, 9.17) is 13.8 Å². The van der Waals surface area contributed by atoms with Crippen LogP contribution in [0.4, 0.5) is 0 Å². The normalized spacial score (nSPS) is 13.4. The maximum Gasteiger partial charge on any atom is 0.200 e. The number of hydrogen-bond acceptors (Lipinski definition) is 3. The van der Waals surface area contributed by atoms with Crippen LogP contribution in [-0.2, 0) is 10.8 Å². The van der Waals surface area contributed by atoms with E-state index in [-0.39, 0.29) is 10.8 Å². The first-order valence-electron chi connectivity index (χ1n) is 8.84. The molecule has 0 aliphatic rings. The van der Waals surface area contributed by atoms with Gasteiger partial charge in [0.1, 0.15) is 5.58 Å². The van der Waals surface area contributed by atoms with Gasteiger partial charge in [-0.15, -0.1) is 0 Å². The molecule has 0 bridgehead atoms. The van der Waals surface area contributed by atoms with Crippen LogP contribution < -0.4 is 0 Å². The standard InChI is InChI=1S/C22H25NO2/c1-12-8-9-13-14-10-11-15-17(23-20(24-15)22(5,6)7)19(14)25-18(13)16(12)21(2,3)4/h8-11H,1-7H3. The highest BCUT2D eigenvalue weighted by atomic mass is 16.4. The van der Waals surface area contributed by atoms with E-state index >= 15 is 0 Å².